The maximum atomic E-state index is 12.1. The van der Waals surface area contributed by atoms with Crippen LogP contribution in [0.3, 0.4) is 0 Å². The highest BCUT2D eigenvalue weighted by Crippen LogP contribution is 2.19. The number of piperazine rings is 1. The van der Waals surface area contributed by atoms with Gasteiger partial charge in [-0.1, -0.05) is 6.92 Å². The molecule has 0 saturated carbocycles. The van der Waals surface area contributed by atoms with E-state index in [2.05, 4.69) is 10.3 Å². The van der Waals surface area contributed by atoms with E-state index in [1.165, 1.54) is 11.3 Å². The van der Waals surface area contributed by atoms with Crippen LogP contribution in [0.1, 0.15) is 31.0 Å². The van der Waals surface area contributed by atoms with E-state index in [-0.39, 0.29) is 17.9 Å². The molecule has 2 heterocycles. The molecule has 6 heteroatoms. The zero-order chi connectivity index (χ0) is 13.3. The second-order valence-corrected chi connectivity index (χ2v) is 5.45. The van der Waals surface area contributed by atoms with Crippen LogP contribution < -0.4 is 5.32 Å². The van der Waals surface area contributed by atoms with E-state index in [1.807, 2.05) is 19.2 Å². The number of nitrogens with one attached hydrogen (secondary N) is 1. The van der Waals surface area contributed by atoms with E-state index in [9.17, 15) is 9.59 Å². The maximum absolute atomic E-state index is 12.1. The molecule has 2 unspecified atom stereocenters. The number of carbonyl (C=O) groups is 2. The van der Waals surface area contributed by atoms with Crippen molar-refractivity contribution in [3.63, 3.8) is 0 Å². The van der Waals surface area contributed by atoms with Gasteiger partial charge in [-0.2, -0.15) is 0 Å². The number of aromatic nitrogens is 1. The average Bonchev–Trinajstić information content (AvgIpc) is 2.72. The first-order valence-corrected chi connectivity index (χ1v) is 6.92. The molecule has 1 N–H and O–H groups in total. The molecule has 1 aliphatic rings. The van der Waals surface area contributed by atoms with E-state index in [4.69, 9.17) is 0 Å². The first kappa shape index (κ1) is 13.0. The van der Waals surface area contributed by atoms with Crippen molar-refractivity contribution in [2.24, 2.45) is 0 Å². The highest BCUT2D eigenvalue weighted by molar-refractivity contribution is 7.09. The van der Waals surface area contributed by atoms with Gasteiger partial charge in [0.25, 0.3) is 0 Å². The summed E-state index contributed by atoms with van der Waals surface area (Å²) < 4.78 is 0. The van der Waals surface area contributed by atoms with Crippen LogP contribution in [0.5, 0.6) is 0 Å². The van der Waals surface area contributed by atoms with Gasteiger partial charge in [0.2, 0.25) is 11.8 Å². The minimum Gasteiger partial charge on any atom is -0.343 e. The summed E-state index contributed by atoms with van der Waals surface area (Å²) in [6, 6.07) is -0.820. The second-order valence-electron chi connectivity index (χ2n) is 4.50. The Morgan fingerprint density at radius 1 is 1.50 bits per heavy atom. The summed E-state index contributed by atoms with van der Waals surface area (Å²) >= 11 is 1.52. The summed E-state index contributed by atoms with van der Waals surface area (Å²) in [6.07, 6.45) is 0.620. The highest BCUT2D eigenvalue weighted by atomic mass is 32.1. The van der Waals surface area contributed by atoms with E-state index in [1.54, 1.807) is 11.8 Å². The van der Waals surface area contributed by atoms with Gasteiger partial charge in [-0.25, -0.2) is 4.98 Å². The minimum atomic E-state index is -0.443. The lowest BCUT2D eigenvalue weighted by atomic mass is 10.1. The van der Waals surface area contributed by atoms with Crippen LogP contribution in [-0.2, 0) is 16.1 Å². The smallest absolute Gasteiger partial charge is 0.245 e. The number of hydrogen-bond donors (Lipinski definition) is 1. The molecule has 1 aliphatic heterocycles. The van der Waals surface area contributed by atoms with Gasteiger partial charge in [0.15, 0.2) is 0 Å². The summed E-state index contributed by atoms with van der Waals surface area (Å²) in [6.45, 7) is 5.97. The average molecular weight is 267 g/mol. The summed E-state index contributed by atoms with van der Waals surface area (Å²) in [5, 5.41) is 5.53. The van der Waals surface area contributed by atoms with E-state index in [0.717, 1.165) is 10.7 Å². The summed E-state index contributed by atoms with van der Waals surface area (Å²) in [5.41, 5.74) is 0.949. The molecule has 18 heavy (non-hydrogen) atoms. The Morgan fingerprint density at radius 2 is 2.22 bits per heavy atom. The van der Waals surface area contributed by atoms with Crippen molar-refractivity contribution >= 4 is 23.2 Å². The van der Waals surface area contributed by atoms with E-state index < -0.39 is 6.04 Å². The fourth-order valence-corrected chi connectivity index (χ4v) is 2.90. The van der Waals surface area contributed by atoms with Crippen molar-refractivity contribution in [3.8, 4) is 0 Å². The lowest BCUT2D eigenvalue weighted by molar-refractivity contribution is -0.149. The minimum absolute atomic E-state index is 0.0331. The van der Waals surface area contributed by atoms with Gasteiger partial charge >= 0.3 is 0 Å². The summed E-state index contributed by atoms with van der Waals surface area (Å²) in [4.78, 5) is 30.0. The van der Waals surface area contributed by atoms with Crippen LogP contribution in [0.25, 0.3) is 0 Å². The van der Waals surface area contributed by atoms with E-state index >= 15 is 0 Å². The van der Waals surface area contributed by atoms with Crippen LogP contribution in [0.4, 0.5) is 0 Å². The van der Waals surface area contributed by atoms with Crippen molar-refractivity contribution in [3.05, 3.63) is 16.1 Å². The number of nitrogens with zero attached hydrogens (tertiary/aromatic N) is 2. The van der Waals surface area contributed by atoms with Crippen LogP contribution >= 0.6 is 11.3 Å². The lowest BCUT2D eigenvalue weighted by Crippen LogP contribution is -2.61. The molecular weight excluding hydrogens is 250 g/mol. The normalized spacial score (nSPS) is 24.3. The topological polar surface area (TPSA) is 62.3 Å². The van der Waals surface area contributed by atoms with Gasteiger partial charge in [0.1, 0.15) is 17.1 Å². The zero-order valence-electron chi connectivity index (χ0n) is 10.8. The first-order chi connectivity index (χ1) is 8.52. The Balaban J connectivity index is 2.20. The third-order valence-corrected chi connectivity index (χ3v) is 4.00. The van der Waals surface area contributed by atoms with Gasteiger partial charge in [-0.05, 0) is 20.3 Å². The van der Waals surface area contributed by atoms with Gasteiger partial charge in [-0.15, -0.1) is 11.3 Å². The highest BCUT2D eigenvalue weighted by Gasteiger charge is 2.37. The third-order valence-electron chi connectivity index (χ3n) is 3.05. The van der Waals surface area contributed by atoms with Crippen LogP contribution in [0.2, 0.25) is 0 Å². The fraction of sp³-hybridized carbons (Fsp3) is 0.583. The number of thiazole rings is 1. The predicted molar refractivity (Wildman–Crippen MR) is 69.1 cm³/mol. The maximum Gasteiger partial charge on any atom is 0.245 e. The van der Waals surface area contributed by atoms with Crippen LogP contribution in [0.15, 0.2) is 5.38 Å². The van der Waals surface area contributed by atoms with Crippen molar-refractivity contribution in [1.82, 2.24) is 15.2 Å². The molecule has 1 fully saturated rings. The molecule has 5 nitrogen and oxygen atoms in total. The van der Waals surface area contributed by atoms with Crippen molar-refractivity contribution in [2.75, 3.05) is 0 Å². The number of aryl methyl sites for hydroxylation is 1. The Morgan fingerprint density at radius 3 is 2.78 bits per heavy atom. The van der Waals surface area contributed by atoms with Crippen molar-refractivity contribution in [2.45, 2.75) is 45.8 Å². The Hall–Kier alpha value is -1.43. The monoisotopic (exact) mass is 267 g/mol. The SMILES string of the molecule is CCC1C(=O)NC(C)C(=O)N1Cc1nc(C)cs1. The van der Waals surface area contributed by atoms with Crippen LogP contribution in [0, 0.1) is 6.92 Å². The van der Waals surface area contributed by atoms with Gasteiger partial charge < -0.3 is 10.2 Å². The molecule has 1 saturated heterocycles. The molecule has 1 aromatic heterocycles. The Labute approximate surface area is 110 Å². The third kappa shape index (κ3) is 2.38. The Kier molecular flexibility index (Phi) is 3.65. The number of amides is 2. The molecule has 98 valence electrons. The largest absolute Gasteiger partial charge is 0.343 e. The molecule has 0 spiro atoms. The van der Waals surface area contributed by atoms with Crippen molar-refractivity contribution in [1.29, 1.82) is 0 Å². The summed E-state index contributed by atoms with van der Waals surface area (Å²) in [7, 11) is 0. The molecule has 0 aliphatic carbocycles. The molecule has 2 atom stereocenters. The number of carbonyl (C=O) groups excluding carboxylic acids is 2. The quantitative estimate of drug-likeness (QED) is 0.891. The molecular formula is C12H17N3O2S. The van der Waals surface area contributed by atoms with Gasteiger partial charge in [0.05, 0.1) is 6.54 Å². The lowest BCUT2D eigenvalue weighted by Gasteiger charge is -2.37. The Bertz CT molecular complexity index is 472. The van der Waals surface area contributed by atoms with E-state index in [0.29, 0.717) is 13.0 Å². The van der Waals surface area contributed by atoms with Gasteiger partial charge in [-0.3, -0.25) is 9.59 Å². The standard InChI is InChI=1S/C12H17N3O2S/c1-4-9-11(16)14-8(3)12(17)15(9)5-10-13-7(2)6-18-10/h6,8-9H,4-5H2,1-3H3,(H,14,16). The molecule has 2 rings (SSSR count). The van der Waals surface area contributed by atoms with Crippen LogP contribution in [-0.4, -0.2) is 33.8 Å². The van der Waals surface area contributed by atoms with Gasteiger partial charge in [0, 0.05) is 11.1 Å². The molecule has 0 bridgehead atoms. The first-order valence-electron chi connectivity index (χ1n) is 6.04. The predicted octanol–water partition coefficient (Wildman–Crippen LogP) is 1.08. The fourth-order valence-electron chi connectivity index (χ4n) is 2.13. The molecule has 0 aromatic carbocycles. The summed E-state index contributed by atoms with van der Waals surface area (Å²) in [5.74, 6) is -0.104. The molecule has 2 amide bonds. The molecule has 0 radical (unpaired) electrons. The number of hydrogen-bond acceptors (Lipinski definition) is 4. The van der Waals surface area contributed by atoms with Crippen molar-refractivity contribution < 1.29 is 9.59 Å². The molecule has 1 aromatic rings. The number of rotatable bonds is 3. The second kappa shape index (κ2) is 5.06. The zero-order valence-corrected chi connectivity index (χ0v) is 11.6.